The Morgan fingerprint density at radius 1 is 1.00 bits per heavy atom. The second kappa shape index (κ2) is 6.88. The molecule has 1 saturated heterocycles. The van der Waals surface area contributed by atoms with Gasteiger partial charge < -0.3 is 4.90 Å². The lowest BCUT2D eigenvalue weighted by atomic mass is 10.3. The maximum atomic E-state index is 12.7. The quantitative estimate of drug-likeness (QED) is 0.813. The Morgan fingerprint density at radius 2 is 1.71 bits per heavy atom. The number of anilines is 1. The predicted octanol–water partition coefficient (Wildman–Crippen LogP) is 3.21. The average Bonchev–Trinajstić information content (AvgIpc) is 2.57. The minimum atomic E-state index is -3.57. The average molecular weight is 386 g/mol. The highest BCUT2D eigenvalue weighted by Crippen LogP contribution is 2.27. The number of pyridine rings is 1. The highest BCUT2D eigenvalue weighted by molar-refractivity contribution is 7.89. The van der Waals surface area contributed by atoms with Crippen LogP contribution in [0.1, 0.15) is 5.69 Å². The molecule has 0 radical (unpaired) electrons. The molecule has 8 heteroatoms. The first-order chi connectivity index (χ1) is 11.4. The summed E-state index contributed by atoms with van der Waals surface area (Å²) in [6.45, 7) is 3.93. The summed E-state index contributed by atoms with van der Waals surface area (Å²) in [5.41, 5.74) is 0.943. The molecule has 1 aromatic carbocycles. The van der Waals surface area contributed by atoms with Gasteiger partial charge in [-0.25, -0.2) is 13.4 Å². The zero-order chi connectivity index (χ0) is 17.3. The van der Waals surface area contributed by atoms with Crippen molar-refractivity contribution in [3.05, 3.63) is 52.1 Å². The van der Waals surface area contributed by atoms with Crippen LogP contribution in [0.3, 0.4) is 0 Å². The van der Waals surface area contributed by atoms with Crippen LogP contribution in [0, 0.1) is 6.92 Å². The highest BCUT2D eigenvalue weighted by atomic mass is 35.5. The van der Waals surface area contributed by atoms with Crippen LogP contribution in [0.2, 0.25) is 10.0 Å². The molecule has 0 unspecified atom stereocenters. The van der Waals surface area contributed by atoms with Crippen molar-refractivity contribution in [2.24, 2.45) is 0 Å². The van der Waals surface area contributed by atoms with Gasteiger partial charge in [0.1, 0.15) is 5.82 Å². The molecule has 0 aliphatic carbocycles. The number of rotatable bonds is 3. The van der Waals surface area contributed by atoms with Crippen LogP contribution in [0.15, 0.2) is 41.3 Å². The lowest BCUT2D eigenvalue weighted by molar-refractivity contribution is 0.384. The number of hydrogen-bond donors (Lipinski definition) is 0. The van der Waals surface area contributed by atoms with Gasteiger partial charge in [0, 0.05) is 31.9 Å². The minimum Gasteiger partial charge on any atom is -0.354 e. The van der Waals surface area contributed by atoms with Crippen LogP contribution in [-0.2, 0) is 10.0 Å². The minimum absolute atomic E-state index is 0.166. The van der Waals surface area contributed by atoms with Gasteiger partial charge in [-0.2, -0.15) is 4.31 Å². The monoisotopic (exact) mass is 385 g/mol. The summed E-state index contributed by atoms with van der Waals surface area (Å²) in [4.78, 5) is 6.75. The standard InChI is InChI=1S/C16H17Cl2N3O2S/c1-12-3-2-4-16(19-12)20-7-9-21(10-8-20)24(22,23)13-5-6-14(17)15(18)11-13/h2-6,11H,7-10H2,1H3. The fourth-order valence-corrected chi connectivity index (χ4v) is 4.46. The van der Waals surface area contributed by atoms with Crippen molar-refractivity contribution in [3.8, 4) is 0 Å². The predicted molar refractivity (Wildman–Crippen MR) is 96.4 cm³/mol. The molecule has 128 valence electrons. The largest absolute Gasteiger partial charge is 0.354 e. The van der Waals surface area contributed by atoms with Crippen LogP contribution in [0.5, 0.6) is 0 Å². The first-order valence-electron chi connectivity index (χ1n) is 7.52. The maximum Gasteiger partial charge on any atom is 0.243 e. The van der Waals surface area contributed by atoms with Crippen molar-refractivity contribution in [2.75, 3.05) is 31.1 Å². The first kappa shape index (κ1) is 17.5. The zero-order valence-electron chi connectivity index (χ0n) is 13.1. The third kappa shape index (κ3) is 3.52. The molecule has 1 aliphatic rings. The lowest BCUT2D eigenvalue weighted by Gasteiger charge is -2.34. The number of halogens is 2. The summed E-state index contributed by atoms with van der Waals surface area (Å²) >= 11 is 11.8. The molecule has 24 heavy (non-hydrogen) atoms. The molecular formula is C16H17Cl2N3O2S. The van der Waals surface area contributed by atoms with Crippen LogP contribution in [0.4, 0.5) is 5.82 Å². The molecule has 2 heterocycles. The number of sulfonamides is 1. The van der Waals surface area contributed by atoms with Gasteiger partial charge in [0.15, 0.2) is 0 Å². The van der Waals surface area contributed by atoms with E-state index in [1.54, 1.807) is 0 Å². The third-order valence-corrected chi connectivity index (χ3v) is 6.60. The van der Waals surface area contributed by atoms with Crippen molar-refractivity contribution in [1.82, 2.24) is 9.29 Å². The molecule has 5 nitrogen and oxygen atoms in total. The smallest absolute Gasteiger partial charge is 0.243 e. The number of piperazine rings is 1. The van der Waals surface area contributed by atoms with Crippen molar-refractivity contribution < 1.29 is 8.42 Å². The first-order valence-corrected chi connectivity index (χ1v) is 9.71. The molecule has 0 saturated carbocycles. The van der Waals surface area contributed by atoms with Crippen LogP contribution in [-0.4, -0.2) is 43.9 Å². The van der Waals surface area contributed by atoms with Crippen molar-refractivity contribution in [3.63, 3.8) is 0 Å². The Kier molecular flexibility index (Phi) is 5.01. The van der Waals surface area contributed by atoms with Gasteiger partial charge in [-0.3, -0.25) is 0 Å². The summed E-state index contributed by atoms with van der Waals surface area (Å²) in [7, 11) is -3.57. The molecule has 0 spiro atoms. The van der Waals surface area contributed by atoms with Crippen LogP contribution < -0.4 is 4.90 Å². The molecule has 1 aromatic heterocycles. The van der Waals surface area contributed by atoms with Gasteiger partial charge in [-0.05, 0) is 37.3 Å². The van der Waals surface area contributed by atoms with Gasteiger partial charge in [0.2, 0.25) is 10.0 Å². The molecule has 1 fully saturated rings. The summed E-state index contributed by atoms with van der Waals surface area (Å²) < 4.78 is 26.9. The van der Waals surface area contributed by atoms with Crippen LogP contribution in [0.25, 0.3) is 0 Å². The fourth-order valence-electron chi connectivity index (χ4n) is 2.65. The van der Waals surface area contributed by atoms with E-state index in [0.29, 0.717) is 31.2 Å². The number of benzene rings is 1. The van der Waals surface area contributed by atoms with E-state index in [1.807, 2.05) is 25.1 Å². The van der Waals surface area contributed by atoms with E-state index >= 15 is 0 Å². The Hall–Kier alpha value is -1.34. The van der Waals surface area contributed by atoms with E-state index in [4.69, 9.17) is 23.2 Å². The van der Waals surface area contributed by atoms with E-state index in [9.17, 15) is 8.42 Å². The molecule has 3 rings (SSSR count). The van der Waals surface area contributed by atoms with Gasteiger partial charge in [0.25, 0.3) is 0 Å². The second-order valence-corrected chi connectivity index (χ2v) is 8.36. The van der Waals surface area contributed by atoms with E-state index < -0.39 is 10.0 Å². The summed E-state index contributed by atoms with van der Waals surface area (Å²) in [6, 6.07) is 10.2. The molecule has 0 amide bonds. The Labute approximate surface area is 151 Å². The molecular weight excluding hydrogens is 369 g/mol. The fraction of sp³-hybridized carbons (Fsp3) is 0.312. The number of aryl methyl sites for hydroxylation is 1. The highest BCUT2D eigenvalue weighted by Gasteiger charge is 2.29. The Bertz CT molecular complexity index is 850. The van der Waals surface area contributed by atoms with Crippen LogP contribution >= 0.6 is 23.2 Å². The molecule has 0 atom stereocenters. The Morgan fingerprint density at radius 3 is 2.33 bits per heavy atom. The van der Waals surface area contributed by atoms with Crippen molar-refractivity contribution in [1.29, 1.82) is 0 Å². The van der Waals surface area contributed by atoms with E-state index in [2.05, 4.69) is 9.88 Å². The number of nitrogens with zero attached hydrogens (tertiary/aromatic N) is 3. The van der Waals surface area contributed by atoms with Crippen molar-refractivity contribution >= 4 is 39.0 Å². The third-order valence-electron chi connectivity index (χ3n) is 3.97. The van der Waals surface area contributed by atoms with Gasteiger partial charge >= 0.3 is 0 Å². The SMILES string of the molecule is Cc1cccc(N2CCN(S(=O)(=O)c3ccc(Cl)c(Cl)c3)CC2)n1. The van der Waals surface area contributed by atoms with E-state index in [1.165, 1.54) is 22.5 Å². The number of hydrogen-bond acceptors (Lipinski definition) is 4. The summed E-state index contributed by atoms with van der Waals surface area (Å²) in [6.07, 6.45) is 0. The van der Waals surface area contributed by atoms with Crippen molar-refractivity contribution in [2.45, 2.75) is 11.8 Å². The zero-order valence-corrected chi connectivity index (χ0v) is 15.4. The van der Waals surface area contributed by atoms with Gasteiger partial charge in [-0.1, -0.05) is 29.3 Å². The summed E-state index contributed by atoms with van der Waals surface area (Å²) in [5, 5.41) is 0.575. The molecule has 2 aromatic rings. The topological polar surface area (TPSA) is 53.5 Å². The van der Waals surface area contributed by atoms with Gasteiger partial charge in [0.05, 0.1) is 14.9 Å². The molecule has 0 bridgehead atoms. The van der Waals surface area contributed by atoms with Gasteiger partial charge in [-0.15, -0.1) is 0 Å². The van der Waals surface area contributed by atoms with E-state index in [0.717, 1.165) is 11.5 Å². The van der Waals surface area contributed by atoms with E-state index in [-0.39, 0.29) is 9.92 Å². The number of aromatic nitrogens is 1. The lowest BCUT2D eigenvalue weighted by Crippen LogP contribution is -2.48. The molecule has 1 aliphatic heterocycles. The normalized spacial score (nSPS) is 16.4. The second-order valence-electron chi connectivity index (χ2n) is 5.60. The Balaban J connectivity index is 1.74. The molecule has 0 N–H and O–H groups in total. The summed E-state index contributed by atoms with van der Waals surface area (Å²) in [5.74, 6) is 0.876. The maximum absolute atomic E-state index is 12.7.